The van der Waals surface area contributed by atoms with Gasteiger partial charge in [0.25, 0.3) is 0 Å². The second-order valence-corrected chi connectivity index (χ2v) is 6.73. The van der Waals surface area contributed by atoms with Gasteiger partial charge in [-0.1, -0.05) is 32.1 Å². The minimum atomic E-state index is -3.48. The smallest absolute Gasteiger partial charge is 0.250 e. The van der Waals surface area contributed by atoms with Gasteiger partial charge in [0.05, 0.1) is 11.8 Å². The van der Waals surface area contributed by atoms with Crippen LogP contribution in [0.15, 0.2) is 0 Å². The van der Waals surface area contributed by atoms with Crippen LogP contribution in [-0.2, 0) is 14.8 Å². The molecule has 0 aliphatic heterocycles. The molecule has 1 fully saturated rings. The van der Waals surface area contributed by atoms with E-state index >= 15 is 0 Å². The summed E-state index contributed by atoms with van der Waals surface area (Å²) in [5, 5.41) is 0. The number of hydrogen-bond donors (Lipinski definition) is 2. The number of nitrogens with two attached hydrogens (primary N) is 1. The van der Waals surface area contributed by atoms with E-state index in [-0.39, 0.29) is 5.75 Å². The Morgan fingerprint density at radius 1 is 1.35 bits per heavy atom. The van der Waals surface area contributed by atoms with E-state index in [1.807, 2.05) is 4.72 Å². The van der Waals surface area contributed by atoms with Gasteiger partial charge in [-0.15, -0.1) is 0 Å². The van der Waals surface area contributed by atoms with E-state index in [0.717, 1.165) is 12.8 Å². The highest BCUT2D eigenvalue weighted by molar-refractivity contribution is 7.90. The van der Waals surface area contributed by atoms with Gasteiger partial charge in [0.15, 0.2) is 0 Å². The monoisotopic (exact) mass is 262 g/mol. The van der Waals surface area contributed by atoms with Gasteiger partial charge in [-0.2, -0.15) is 0 Å². The predicted molar refractivity (Wildman–Crippen MR) is 66.8 cm³/mol. The van der Waals surface area contributed by atoms with Crippen LogP contribution in [0.5, 0.6) is 0 Å². The molecule has 1 rings (SSSR count). The lowest BCUT2D eigenvalue weighted by Crippen LogP contribution is -2.44. The molecule has 0 spiro atoms. The highest BCUT2D eigenvalue weighted by Crippen LogP contribution is 2.26. The van der Waals surface area contributed by atoms with Crippen molar-refractivity contribution < 1.29 is 13.2 Å². The maximum Gasteiger partial charge on any atom is 0.250 e. The molecule has 0 radical (unpaired) electrons. The van der Waals surface area contributed by atoms with Crippen molar-refractivity contribution in [3.8, 4) is 0 Å². The molecule has 1 amide bonds. The lowest BCUT2D eigenvalue weighted by Gasteiger charge is -2.23. The summed E-state index contributed by atoms with van der Waals surface area (Å²) in [5.74, 6) is -0.208. The zero-order chi connectivity index (χ0) is 12.9. The van der Waals surface area contributed by atoms with E-state index < -0.39 is 22.0 Å². The van der Waals surface area contributed by atoms with E-state index in [1.165, 1.54) is 26.2 Å². The fourth-order valence-electron chi connectivity index (χ4n) is 2.19. The van der Waals surface area contributed by atoms with Crippen molar-refractivity contribution >= 4 is 15.9 Å². The Hall–Kier alpha value is -0.620. The van der Waals surface area contributed by atoms with E-state index in [2.05, 4.69) is 0 Å². The van der Waals surface area contributed by atoms with E-state index in [1.54, 1.807) is 0 Å². The Balaban J connectivity index is 2.41. The van der Waals surface area contributed by atoms with Crippen LogP contribution in [0.25, 0.3) is 0 Å². The van der Waals surface area contributed by atoms with Crippen molar-refractivity contribution in [1.82, 2.24) is 4.72 Å². The van der Waals surface area contributed by atoms with Gasteiger partial charge >= 0.3 is 0 Å². The van der Waals surface area contributed by atoms with Gasteiger partial charge < -0.3 is 5.73 Å². The van der Waals surface area contributed by atoms with Crippen LogP contribution in [0.4, 0.5) is 0 Å². The lowest BCUT2D eigenvalue weighted by molar-refractivity contribution is -0.121. The van der Waals surface area contributed by atoms with Crippen LogP contribution in [0, 0.1) is 5.92 Å². The fraction of sp³-hybridized carbons (Fsp3) is 0.909. The first-order valence-electron chi connectivity index (χ1n) is 6.24. The first-order valence-corrected chi connectivity index (χ1v) is 7.89. The second kappa shape index (κ2) is 6.35. The Morgan fingerprint density at radius 3 is 2.47 bits per heavy atom. The first-order chi connectivity index (χ1) is 7.94. The highest BCUT2D eigenvalue weighted by Gasteiger charge is 2.23. The molecule has 100 valence electrons. The van der Waals surface area contributed by atoms with E-state index in [0.29, 0.717) is 12.3 Å². The molecule has 3 N–H and O–H groups in total. The molecule has 1 unspecified atom stereocenters. The van der Waals surface area contributed by atoms with Gasteiger partial charge in [-0.3, -0.25) is 9.52 Å². The number of hydrogen-bond acceptors (Lipinski definition) is 4. The van der Waals surface area contributed by atoms with Crippen LogP contribution >= 0.6 is 0 Å². The minimum Gasteiger partial charge on any atom is -0.320 e. The van der Waals surface area contributed by atoms with Gasteiger partial charge in [0.2, 0.25) is 15.9 Å². The third kappa shape index (κ3) is 5.04. The second-order valence-electron chi connectivity index (χ2n) is 4.72. The number of carbonyl (C=O) groups is 1. The molecular formula is C11H22N2O3S. The van der Waals surface area contributed by atoms with E-state index in [4.69, 9.17) is 5.73 Å². The molecule has 0 bridgehead atoms. The number of amides is 1. The summed E-state index contributed by atoms with van der Waals surface area (Å²) in [4.78, 5) is 11.6. The molecule has 1 atom stereocenters. The molecule has 0 aromatic rings. The average Bonchev–Trinajstić information content (AvgIpc) is 2.30. The third-order valence-electron chi connectivity index (χ3n) is 3.28. The van der Waals surface area contributed by atoms with E-state index in [9.17, 15) is 13.2 Å². The molecule has 1 aliphatic carbocycles. The number of sulfonamides is 1. The SMILES string of the molecule is CCS(=O)(=O)NC(=O)C(N)CC1CCCCC1. The standard InChI is InChI=1S/C11H22N2O3S/c1-2-17(15,16)13-11(14)10(12)8-9-6-4-3-5-7-9/h9-10H,2-8,12H2,1H3,(H,13,14). The Labute approximate surface area is 103 Å². The van der Waals surface area contributed by atoms with Crippen LogP contribution in [-0.4, -0.2) is 26.1 Å². The predicted octanol–water partition coefficient (Wildman–Crippen LogP) is 0.750. The van der Waals surface area contributed by atoms with Crippen molar-refractivity contribution in [2.75, 3.05) is 5.75 Å². The zero-order valence-corrected chi connectivity index (χ0v) is 11.1. The minimum absolute atomic E-state index is 0.102. The summed E-state index contributed by atoms with van der Waals surface area (Å²) in [7, 11) is -3.48. The largest absolute Gasteiger partial charge is 0.320 e. The number of nitrogens with one attached hydrogen (secondary N) is 1. The molecule has 0 saturated heterocycles. The zero-order valence-electron chi connectivity index (χ0n) is 10.3. The normalized spacial score (nSPS) is 19.9. The Bertz CT molecular complexity index is 348. The van der Waals surface area contributed by atoms with Gasteiger partial charge in [-0.25, -0.2) is 8.42 Å². The van der Waals surface area contributed by atoms with Crippen LogP contribution < -0.4 is 10.5 Å². The highest BCUT2D eigenvalue weighted by atomic mass is 32.2. The summed E-state index contributed by atoms with van der Waals surface area (Å²) >= 11 is 0. The molecule has 0 aromatic carbocycles. The number of rotatable bonds is 5. The third-order valence-corrected chi connectivity index (χ3v) is 4.56. The fourth-order valence-corrected chi connectivity index (χ4v) is 2.79. The maximum absolute atomic E-state index is 11.6. The van der Waals surface area contributed by atoms with Crippen molar-refractivity contribution in [2.45, 2.75) is 51.5 Å². The summed E-state index contributed by atoms with van der Waals surface area (Å²) in [5.41, 5.74) is 5.73. The molecular weight excluding hydrogens is 240 g/mol. The van der Waals surface area contributed by atoms with Crippen molar-refractivity contribution in [1.29, 1.82) is 0 Å². The summed E-state index contributed by atoms with van der Waals surface area (Å²) in [6.45, 7) is 1.49. The van der Waals surface area contributed by atoms with Crippen molar-refractivity contribution in [3.05, 3.63) is 0 Å². The lowest BCUT2D eigenvalue weighted by atomic mass is 9.85. The molecule has 1 saturated carbocycles. The topological polar surface area (TPSA) is 89.3 Å². The average molecular weight is 262 g/mol. The maximum atomic E-state index is 11.6. The molecule has 17 heavy (non-hydrogen) atoms. The quantitative estimate of drug-likeness (QED) is 0.765. The van der Waals surface area contributed by atoms with Crippen LogP contribution in [0.2, 0.25) is 0 Å². The molecule has 5 nitrogen and oxygen atoms in total. The van der Waals surface area contributed by atoms with Gasteiger partial charge in [0.1, 0.15) is 0 Å². The Kier molecular flexibility index (Phi) is 5.39. The molecule has 0 aromatic heterocycles. The van der Waals surface area contributed by atoms with Gasteiger partial charge in [0, 0.05) is 0 Å². The summed E-state index contributed by atoms with van der Waals surface area (Å²) in [6.07, 6.45) is 6.41. The molecule has 0 heterocycles. The van der Waals surface area contributed by atoms with Crippen molar-refractivity contribution in [2.24, 2.45) is 11.7 Å². The van der Waals surface area contributed by atoms with Crippen molar-refractivity contribution in [3.63, 3.8) is 0 Å². The Morgan fingerprint density at radius 2 is 1.94 bits per heavy atom. The van der Waals surface area contributed by atoms with Crippen LogP contribution in [0.1, 0.15) is 45.4 Å². The first kappa shape index (κ1) is 14.4. The molecule has 1 aliphatic rings. The summed E-state index contributed by atoms with van der Waals surface area (Å²) < 4.78 is 24.4. The summed E-state index contributed by atoms with van der Waals surface area (Å²) in [6, 6.07) is -0.709. The number of carbonyl (C=O) groups excluding carboxylic acids is 1. The molecule has 6 heteroatoms. The van der Waals surface area contributed by atoms with Gasteiger partial charge in [-0.05, 0) is 19.3 Å². The van der Waals surface area contributed by atoms with Crippen LogP contribution in [0.3, 0.4) is 0 Å².